The summed E-state index contributed by atoms with van der Waals surface area (Å²) in [6.07, 6.45) is 2.08. The van der Waals surface area contributed by atoms with Crippen LogP contribution in [0.25, 0.3) is 0 Å². The zero-order valence-electron chi connectivity index (χ0n) is 16.9. The highest BCUT2D eigenvalue weighted by Crippen LogP contribution is 2.43. The first kappa shape index (κ1) is 20.2. The second-order valence-electron chi connectivity index (χ2n) is 7.48. The number of halogens is 1. The van der Waals surface area contributed by atoms with Gasteiger partial charge >= 0.3 is 0 Å². The summed E-state index contributed by atoms with van der Waals surface area (Å²) in [5.74, 6) is -0.105. The molecule has 0 fully saturated rings. The molecule has 0 aromatic heterocycles. The van der Waals surface area contributed by atoms with E-state index in [0.29, 0.717) is 34.0 Å². The zero-order valence-corrected chi connectivity index (χ0v) is 17.7. The van der Waals surface area contributed by atoms with Crippen LogP contribution in [0.1, 0.15) is 37.7 Å². The highest BCUT2D eigenvalue weighted by molar-refractivity contribution is 6.30. The second kappa shape index (κ2) is 8.36. The number of benzene rings is 2. The van der Waals surface area contributed by atoms with Gasteiger partial charge in [0.15, 0.2) is 5.78 Å². The summed E-state index contributed by atoms with van der Waals surface area (Å²) in [5, 5.41) is 6.85. The van der Waals surface area contributed by atoms with Gasteiger partial charge in [-0.15, -0.1) is 0 Å². The number of rotatable bonds is 4. The predicted octanol–water partition coefficient (Wildman–Crippen LogP) is 4.96. The third-order valence-corrected chi connectivity index (χ3v) is 5.79. The summed E-state index contributed by atoms with van der Waals surface area (Å²) >= 11 is 6.26. The summed E-state index contributed by atoms with van der Waals surface area (Å²) in [5.41, 5.74) is 4.22. The fourth-order valence-electron chi connectivity index (χ4n) is 4.24. The van der Waals surface area contributed by atoms with E-state index >= 15 is 0 Å². The number of carbonyl (C=O) groups is 2. The number of dihydropyridines is 1. The smallest absolute Gasteiger partial charge is 0.254 e. The molecule has 6 heteroatoms. The average Bonchev–Trinajstić information content (AvgIpc) is 2.73. The lowest BCUT2D eigenvalue weighted by molar-refractivity contribution is -0.116. The molecule has 1 heterocycles. The maximum absolute atomic E-state index is 13.5. The standard InChI is InChI=1S/C24H23ClN2O3/c1-14-21(24(29)27-17-9-3-4-12-20(17)30-2)22(15-7-5-8-16(25)13-15)23-18(26-14)10-6-11-19(23)28/h3-5,7-9,12-13,22,26H,6,10-11H2,1-2H3,(H,27,29). The van der Waals surface area contributed by atoms with Gasteiger partial charge in [0.2, 0.25) is 0 Å². The van der Waals surface area contributed by atoms with E-state index in [4.69, 9.17) is 16.3 Å². The van der Waals surface area contributed by atoms with Gasteiger partial charge in [-0.1, -0.05) is 35.9 Å². The fourth-order valence-corrected chi connectivity index (χ4v) is 4.44. The number of para-hydroxylation sites is 2. The molecule has 154 valence electrons. The number of Topliss-reactive ketones (excluding diaryl/α,β-unsaturated/α-hetero) is 1. The van der Waals surface area contributed by atoms with E-state index in [1.54, 1.807) is 25.3 Å². The number of methoxy groups -OCH3 is 1. The summed E-state index contributed by atoms with van der Waals surface area (Å²) in [7, 11) is 1.56. The molecule has 5 nitrogen and oxygen atoms in total. The summed E-state index contributed by atoms with van der Waals surface area (Å²) in [4.78, 5) is 26.4. The number of ether oxygens (including phenoxy) is 1. The Morgan fingerprint density at radius 1 is 1.17 bits per heavy atom. The molecule has 1 atom stereocenters. The highest BCUT2D eigenvalue weighted by atomic mass is 35.5. The van der Waals surface area contributed by atoms with E-state index in [-0.39, 0.29) is 11.7 Å². The van der Waals surface area contributed by atoms with E-state index in [1.807, 2.05) is 37.3 Å². The maximum Gasteiger partial charge on any atom is 0.254 e. The molecule has 0 saturated carbocycles. The molecule has 0 bridgehead atoms. The number of carbonyl (C=O) groups excluding carboxylic acids is 2. The average molecular weight is 423 g/mol. The summed E-state index contributed by atoms with van der Waals surface area (Å²) < 4.78 is 5.36. The molecular formula is C24H23ClN2O3. The molecule has 2 aromatic rings. The minimum Gasteiger partial charge on any atom is -0.495 e. The molecular weight excluding hydrogens is 400 g/mol. The Labute approximate surface area is 180 Å². The van der Waals surface area contributed by atoms with Gasteiger partial charge in [-0.2, -0.15) is 0 Å². The Morgan fingerprint density at radius 3 is 2.73 bits per heavy atom. The van der Waals surface area contributed by atoms with Crippen LogP contribution in [0.3, 0.4) is 0 Å². The zero-order chi connectivity index (χ0) is 21.3. The minimum absolute atomic E-state index is 0.0730. The first-order chi connectivity index (χ1) is 14.5. The van der Waals surface area contributed by atoms with Crippen molar-refractivity contribution >= 4 is 29.0 Å². The van der Waals surface area contributed by atoms with Crippen molar-refractivity contribution < 1.29 is 14.3 Å². The van der Waals surface area contributed by atoms with E-state index in [9.17, 15) is 9.59 Å². The fraction of sp³-hybridized carbons (Fsp3) is 0.250. The first-order valence-corrected chi connectivity index (χ1v) is 10.3. The van der Waals surface area contributed by atoms with Gasteiger partial charge in [0.05, 0.1) is 12.8 Å². The SMILES string of the molecule is COc1ccccc1NC(=O)C1=C(C)NC2=C(C(=O)CCC2)C1c1cccc(Cl)c1. The van der Waals surface area contributed by atoms with Gasteiger partial charge in [0.1, 0.15) is 5.75 Å². The summed E-state index contributed by atoms with van der Waals surface area (Å²) in [6, 6.07) is 14.6. The van der Waals surface area contributed by atoms with Gasteiger partial charge < -0.3 is 15.4 Å². The van der Waals surface area contributed by atoms with E-state index in [0.717, 1.165) is 29.8 Å². The maximum atomic E-state index is 13.5. The van der Waals surface area contributed by atoms with E-state index < -0.39 is 5.92 Å². The van der Waals surface area contributed by atoms with Crippen LogP contribution in [-0.2, 0) is 9.59 Å². The molecule has 1 unspecified atom stereocenters. The molecule has 1 aliphatic heterocycles. The van der Waals surface area contributed by atoms with Crippen molar-refractivity contribution in [1.29, 1.82) is 0 Å². The molecule has 0 radical (unpaired) electrons. The number of ketones is 1. The Morgan fingerprint density at radius 2 is 1.97 bits per heavy atom. The number of hydrogen-bond donors (Lipinski definition) is 2. The second-order valence-corrected chi connectivity index (χ2v) is 7.91. The van der Waals surface area contributed by atoms with Crippen molar-refractivity contribution in [3.63, 3.8) is 0 Å². The topological polar surface area (TPSA) is 67.4 Å². The van der Waals surface area contributed by atoms with Crippen LogP contribution in [0.15, 0.2) is 71.1 Å². The Hall–Kier alpha value is -3.05. The first-order valence-electron chi connectivity index (χ1n) is 9.93. The molecule has 2 N–H and O–H groups in total. The van der Waals surface area contributed by atoms with Gasteiger partial charge in [-0.25, -0.2) is 0 Å². The largest absolute Gasteiger partial charge is 0.495 e. The van der Waals surface area contributed by atoms with Crippen molar-refractivity contribution in [2.24, 2.45) is 0 Å². The lowest BCUT2D eigenvalue weighted by Gasteiger charge is -2.34. The third kappa shape index (κ3) is 3.73. The van der Waals surface area contributed by atoms with Crippen molar-refractivity contribution in [2.45, 2.75) is 32.1 Å². The molecule has 1 amide bonds. The molecule has 2 aromatic carbocycles. The van der Waals surface area contributed by atoms with Crippen LogP contribution in [0.2, 0.25) is 5.02 Å². The Balaban J connectivity index is 1.80. The number of nitrogens with one attached hydrogen (secondary N) is 2. The van der Waals surface area contributed by atoms with Crippen LogP contribution < -0.4 is 15.4 Å². The highest BCUT2D eigenvalue weighted by Gasteiger charge is 2.38. The van der Waals surface area contributed by atoms with Crippen LogP contribution in [-0.4, -0.2) is 18.8 Å². The predicted molar refractivity (Wildman–Crippen MR) is 118 cm³/mol. The molecule has 0 saturated heterocycles. The van der Waals surface area contributed by atoms with Gasteiger partial charge in [-0.05, 0) is 49.6 Å². The summed E-state index contributed by atoms with van der Waals surface area (Å²) in [6.45, 7) is 1.87. The monoisotopic (exact) mass is 422 g/mol. The van der Waals surface area contributed by atoms with Crippen molar-refractivity contribution in [3.05, 3.63) is 81.7 Å². The van der Waals surface area contributed by atoms with Crippen LogP contribution in [0.4, 0.5) is 5.69 Å². The number of anilines is 1. The Kier molecular flexibility index (Phi) is 5.64. The number of hydrogen-bond acceptors (Lipinski definition) is 4. The van der Waals surface area contributed by atoms with Crippen molar-refractivity contribution in [3.8, 4) is 5.75 Å². The van der Waals surface area contributed by atoms with Crippen LogP contribution in [0, 0.1) is 0 Å². The quantitative estimate of drug-likeness (QED) is 0.731. The lowest BCUT2D eigenvalue weighted by Crippen LogP contribution is -2.35. The molecule has 2 aliphatic rings. The molecule has 1 aliphatic carbocycles. The Bertz CT molecular complexity index is 1090. The lowest BCUT2D eigenvalue weighted by atomic mass is 9.75. The minimum atomic E-state index is -0.470. The number of allylic oxidation sites excluding steroid dienone is 3. The molecule has 4 rings (SSSR count). The normalized spacial score (nSPS) is 18.6. The van der Waals surface area contributed by atoms with Crippen molar-refractivity contribution in [2.75, 3.05) is 12.4 Å². The van der Waals surface area contributed by atoms with E-state index in [1.165, 1.54) is 0 Å². The van der Waals surface area contributed by atoms with Gasteiger partial charge in [0, 0.05) is 39.9 Å². The van der Waals surface area contributed by atoms with Gasteiger partial charge in [-0.3, -0.25) is 9.59 Å². The third-order valence-electron chi connectivity index (χ3n) is 5.56. The van der Waals surface area contributed by atoms with E-state index in [2.05, 4.69) is 10.6 Å². The number of amides is 1. The van der Waals surface area contributed by atoms with Crippen LogP contribution >= 0.6 is 11.6 Å². The van der Waals surface area contributed by atoms with Crippen LogP contribution in [0.5, 0.6) is 5.75 Å². The molecule has 0 spiro atoms. The van der Waals surface area contributed by atoms with Crippen molar-refractivity contribution in [1.82, 2.24) is 5.32 Å². The van der Waals surface area contributed by atoms with Gasteiger partial charge in [0.25, 0.3) is 5.91 Å². The molecule has 30 heavy (non-hydrogen) atoms.